The molecular formula is C20H11F8O3P. The minimum Gasteiger partial charge on any atom is -0.491 e. The van der Waals surface area contributed by atoms with E-state index in [1.54, 1.807) is 0 Å². The van der Waals surface area contributed by atoms with E-state index in [0.29, 0.717) is 14.2 Å². The molecule has 170 valence electrons. The van der Waals surface area contributed by atoms with Crippen molar-refractivity contribution in [2.24, 2.45) is 0 Å². The number of halogens is 8. The van der Waals surface area contributed by atoms with Gasteiger partial charge in [0.05, 0.1) is 24.8 Å². The molecule has 0 radical (unpaired) electrons. The van der Waals surface area contributed by atoms with Crippen LogP contribution in [-0.2, 0) is 4.57 Å². The summed E-state index contributed by atoms with van der Waals surface area (Å²) >= 11 is 0. The maximum Gasteiger partial charge on any atom is 0.204 e. The van der Waals surface area contributed by atoms with E-state index in [1.807, 2.05) is 0 Å². The second-order valence-electron chi connectivity index (χ2n) is 6.22. The zero-order valence-electron chi connectivity index (χ0n) is 16.1. The summed E-state index contributed by atoms with van der Waals surface area (Å²) in [5.74, 6) is -21.1. The molecular weight excluding hydrogens is 471 g/mol. The van der Waals surface area contributed by atoms with E-state index in [2.05, 4.69) is 9.47 Å². The Kier molecular flexibility index (Phi) is 6.24. The van der Waals surface area contributed by atoms with E-state index in [9.17, 15) is 39.7 Å². The average molecular weight is 482 g/mol. The van der Waals surface area contributed by atoms with Gasteiger partial charge in [-0.05, 0) is 0 Å². The highest BCUT2D eigenvalue weighted by molar-refractivity contribution is 7.85. The Bertz CT molecular complexity index is 1130. The molecule has 0 aliphatic heterocycles. The first kappa shape index (κ1) is 23.6. The van der Waals surface area contributed by atoms with Gasteiger partial charge in [-0.25, -0.2) is 17.6 Å². The highest BCUT2D eigenvalue weighted by Crippen LogP contribution is 2.48. The van der Waals surface area contributed by atoms with Crippen molar-refractivity contribution >= 4 is 23.1 Å². The maximum atomic E-state index is 14.9. The van der Waals surface area contributed by atoms with Gasteiger partial charge in [-0.2, -0.15) is 17.6 Å². The van der Waals surface area contributed by atoms with Crippen LogP contribution in [0.2, 0.25) is 0 Å². The lowest BCUT2D eigenvalue weighted by atomic mass is 10.3. The predicted octanol–water partition coefficient (Wildman–Crippen LogP) is 4.46. The highest BCUT2D eigenvalue weighted by atomic mass is 31.2. The number of ether oxygens (including phenoxy) is 2. The maximum absolute atomic E-state index is 14.9. The van der Waals surface area contributed by atoms with Crippen LogP contribution >= 0.6 is 7.14 Å². The van der Waals surface area contributed by atoms with Gasteiger partial charge >= 0.3 is 0 Å². The van der Waals surface area contributed by atoms with Crippen molar-refractivity contribution < 1.29 is 49.2 Å². The summed E-state index contributed by atoms with van der Waals surface area (Å²) in [6.07, 6.45) is 0. The number of hydrogen-bond donors (Lipinski definition) is 0. The van der Waals surface area contributed by atoms with Crippen molar-refractivity contribution in [2.75, 3.05) is 14.2 Å². The lowest BCUT2D eigenvalue weighted by molar-refractivity contribution is 0.334. The molecule has 0 atom stereocenters. The Hall–Kier alpha value is -3.07. The molecule has 12 heteroatoms. The summed E-state index contributed by atoms with van der Waals surface area (Å²) in [5.41, 5.74) is 0. The first-order valence-corrected chi connectivity index (χ1v) is 10.2. The molecule has 0 bridgehead atoms. The summed E-state index contributed by atoms with van der Waals surface area (Å²) in [6.45, 7) is 0. The van der Waals surface area contributed by atoms with Crippen molar-refractivity contribution in [3.63, 3.8) is 0 Å². The lowest BCUT2D eigenvalue weighted by Gasteiger charge is -2.23. The van der Waals surface area contributed by atoms with E-state index >= 15 is 0 Å². The Labute approximate surface area is 175 Å². The van der Waals surface area contributed by atoms with E-state index in [-0.39, 0.29) is 0 Å². The molecule has 3 aromatic carbocycles. The van der Waals surface area contributed by atoms with Crippen molar-refractivity contribution in [3.05, 3.63) is 76.9 Å². The fourth-order valence-electron chi connectivity index (χ4n) is 3.12. The average Bonchev–Trinajstić information content (AvgIpc) is 2.78. The second kappa shape index (κ2) is 8.46. The van der Waals surface area contributed by atoms with Gasteiger partial charge in [0.25, 0.3) is 0 Å². The smallest absolute Gasteiger partial charge is 0.204 e. The van der Waals surface area contributed by atoms with Gasteiger partial charge in [0, 0.05) is 5.30 Å². The number of benzene rings is 3. The van der Waals surface area contributed by atoms with Gasteiger partial charge in [0.2, 0.25) is 23.3 Å². The third kappa shape index (κ3) is 3.23. The quantitative estimate of drug-likeness (QED) is 0.306. The van der Waals surface area contributed by atoms with E-state index < -0.39 is 81.1 Å². The first-order valence-electron chi connectivity index (χ1n) is 8.50. The summed E-state index contributed by atoms with van der Waals surface area (Å²) in [7, 11) is -4.32. The van der Waals surface area contributed by atoms with Crippen LogP contribution in [0.5, 0.6) is 11.5 Å². The van der Waals surface area contributed by atoms with Crippen LogP contribution < -0.4 is 25.4 Å². The number of hydrogen-bond acceptors (Lipinski definition) is 3. The fraction of sp³-hybridized carbons (Fsp3) is 0.100. The standard InChI is InChI=1S/C20H11F8O3P/c1-30-17-9(21)13(25)19(14(26)10(17)22)32(29,8-6-4-3-5-7-8)20-15(27)11(23)18(31-2)12(24)16(20)28/h3-7H,1-2H3. The van der Waals surface area contributed by atoms with E-state index in [1.165, 1.54) is 6.07 Å². The molecule has 0 N–H and O–H groups in total. The Balaban J connectivity index is 2.61. The van der Waals surface area contributed by atoms with Crippen LogP contribution in [0.25, 0.3) is 0 Å². The Morgan fingerprint density at radius 3 is 1.16 bits per heavy atom. The molecule has 0 unspecified atom stereocenters. The van der Waals surface area contributed by atoms with Crippen molar-refractivity contribution in [1.82, 2.24) is 0 Å². The Morgan fingerprint density at radius 1 is 0.562 bits per heavy atom. The molecule has 0 spiro atoms. The summed E-state index contributed by atoms with van der Waals surface area (Å²) in [6, 6.07) is 5.22. The lowest BCUT2D eigenvalue weighted by Crippen LogP contribution is -2.35. The third-order valence-electron chi connectivity index (χ3n) is 4.56. The summed E-state index contributed by atoms with van der Waals surface area (Å²) in [4.78, 5) is 0. The van der Waals surface area contributed by atoms with Crippen LogP contribution in [0.15, 0.2) is 30.3 Å². The zero-order chi connectivity index (χ0) is 24.0. The SMILES string of the molecule is COc1c(F)c(F)c(P(=O)(c2ccccc2)c2c(F)c(F)c(OC)c(F)c2F)c(F)c1F. The second-order valence-corrected chi connectivity index (χ2v) is 8.85. The van der Waals surface area contributed by atoms with Crippen LogP contribution in [0.3, 0.4) is 0 Å². The monoisotopic (exact) mass is 482 g/mol. The molecule has 0 fully saturated rings. The topological polar surface area (TPSA) is 35.5 Å². The Morgan fingerprint density at radius 2 is 0.875 bits per heavy atom. The molecule has 3 nitrogen and oxygen atoms in total. The van der Waals surface area contributed by atoms with Gasteiger partial charge in [-0.3, -0.25) is 0 Å². The normalized spacial score (nSPS) is 11.6. The van der Waals surface area contributed by atoms with Gasteiger partial charge < -0.3 is 14.0 Å². The van der Waals surface area contributed by atoms with E-state index in [4.69, 9.17) is 0 Å². The minimum atomic E-state index is -5.67. The van der Waals surface area contributed by atoms with Crippen molar-refractivity contribution in [1.29, 1.82) is 0 Å². The van der Waals surface area contributed by atoms with Gasteiger partial charge in [0.15, 0.2) is 41.9 Å². The summed E-state index contributed by atoms with van der Waals surface area (Å²) in [5, 5.41) is -4.72. The summed E-state index contributed by atoms with van der Waals surface area (Å²) < 4.78 is 139. The van der Waals surface area contributed by atoms with Crippen LogP contribution in [0.1, 0.15) is 0 Å². The largest absolute Gasteiger partial charge is 0.491 e. The molecule has 32 heavy (non-hydrogen) atoms. The predicted molar refractivity (Wildman–Crippen MR) is 98.6 cm³/mol. The molecule has 0 heterocycles. The van der Waals surface area contributed by atoms with Gasteiger partial charge in [-0.1, -0.05) is 30.3 Å². The van der Waals surface area contributed by atoms with Gasteiger partial charge in [0.1, 0.15) is 0 Å². The zero-order valence-corrected chi connectivity index (χ0v) is 17.0. The number of rotatable bonds is 5. The molecule has 0 saturated heterocycles. The molecule has 0 amide bonds. The third-order valence-corrected chi connectivity index (χ3v) is 7.63. The van der Waals surface area contributed by atoms with Crippen LogP contribution in [0, 0.1) is 46.5 Å². The van der Waals surface area contributed by atoms with E-state index in [0.717, 1.165) is 24.3 Å². The van der Waals surface area contributed by atoms with Gasteiger partial charge in [-0.15, -0.1) is 0 Å². The molecule has 0 aromatic heterocycles. The highest BCUT2D eigenvalue weighted by Gasteiger charge is 2.46. The molecule has 0 aliphatic rings. The van der Waals surface area contributed by atoms with Crippen molar-refractivity contribution in [3.8, 4) is 11.5 Å². The molecule has 3 aromatic rings. The van der Waals surface area contributed by atoms with Crippen LogP contribution in [0.4, 0.5) is 35.1 Å². The molecule has 0 aliphatic carbocycles. The first-order chi connectivity index (χ1) is 15.0. The fourth-order valence-corrected chi connectivity index (χ4v) is 5.95. The molecule has 3 rings (SSSR count). The minimum absolute atomic E-state index is 0.671. The molecule has 0 saturated carbocycles. The number of methoxy groups -OCH3 is 2. The van der Waals surface area contributed by atoms with Crippen molar-refractivity contribution in [2.45, 2.75) is 0 Å². The van der Waals surface area contributed by atoms with Crippen LogP contribution in [-0.4, -0.2) is 14.2 Å².